The van der Waals surface area contributed by atoms with E-state index >= 15 is 0 Å². The van der Waals surface area contributed by atoms with Crippen molar-refractivity contribution in [2.75, 3.05) is 12.4 Å². The zero-order chi connectivity index (χ0) is 21.3. The number of anilines is 1. The van der Waals surface area contributed by atoms with Crippen molar-refractivity contribution in [2.45, 2.75) is 33.2 Å². The SMILES string of the molecule is CNc1nc2[nH]c(-c3cccc(CNC(=O)CCC(C)C)c3)cc2c2c1ncn2C. The van der Waals surface area contributed by atoms with Gasteiger partial charge in [0.1, 0.15) is 11.2 Å². The first-order valence-corrected chi connectivity index (χ1v) is 10.3. The van der Waals surface area contributed by atoms with Gasteiger partial charge in [0.15, 0.2) is 5.82 Å². The van der Waals surface area contributed by atoms with Gasteiger partial charge in [0, 0.05) is 38.1 Å². The summed E-state index contributed by atoms with van der Waals surface area (Å²) in [5.74, 6) is 1.38. The summed E-state index contributed by atoms with van der Waals surface area (Å²) < 4.78 is 2.01. The van der Waals surface area contributed by atoms with Gasteiger partial charge in [-0.3, -0.25) is 4.79 Å². The van der Waals surface area contributed by atoms with Crippen LogP contribution in [-0.4, -0.2) is 32.5 Å². The number of rotatable bonds is 7. The van der Waals surface area contributed by atoms with Crippen LogP contribution >= 0.6 is 0 Å². The molecule has 0 unspecified atom stereocenters. The third kappa shape index (κ3) is 3.87. The second-order valence-electron chi connectivity index (χ2n) is 8.12. The molecule has 4 aromatic rings. The Morgan fingerprint density at radius 1 is 1.27 bits per heavy atom. The Labute approximate surface area is 175 Å². The first-order valence-electron chi connectivity index (χ1n) is 10.3. The third-order valence-electron chi connectivity index (χ3n) is 5.35. The predicted molar refractivity (Wildman–Crippen MR) is 121 cm³/mol. The summed E-state index contributed by atoms with van der Waals surface area (Å²) in [4.78, 5) is 24.7. The van der Waals surface area contributed by atoms with Gasteiger partial charge < -0.3 is 20.2 Å². The number of aromatic nitrogens is 4. The molecule has 1 aromatic carbocycles. The molecule has 0 bridgehead atoms. The Kier molecular flexibility index (Phi) is 5.44. The van der Waals surface area contributed by atoms with Gasteiger partial charge in [-0.2, -0.15) is 0 Å². The highest BCUT2D eigenvalue weighted by Gasteiger charge is 2.15. The van der Waals surface area contributed by atoms with Crippen molar-refractivity contribution in [1.82, 2.24) is 24.8 Å². The fourth-order valence-electron chi connectivity index (χ4n) is 3.69. The number of hydrogen-bond acceptors (Lipinski definition) is 4. The Morgan fingerprint density at radius 3 is 2.87 bits per heavy atom. The number of nitrogens with one attached hydrogen (secondary N) is 3. The molecule has 0 fully saturated rings. The maximum absolute atomic E-state index is 12.0. The van der Waals surface area contributed by atoms with Crippen LogP contribution in [0.3, 0.4) is 0 Å². The van der Waals surface area contributed by atoms with E-state index < -0.39 is 0 Å². The monoisotopic (exact) mass is 404 g/mol. The number of aromatic amines is 1. The molecule has 0 aliphatic heterocycles. The number of hydrogen-bond donors (Lipinski definition) is 3. The normalized spacial score (nSPS) is 11.5. The minimum Gasteiger partial charge on any atom is -0.371 e. The topological polar surface area (TPSA) is 87.6 Å². The number of nitrogens with zero attached hydrogens (tertiary/aromatic N) is 3. The molecular weight excluding hydrogens is 376 g/mol. The van der Waals surface area contributed by atoms with Gasteiger partial charge in [0.25, 0.3) is 0 Å². The number of H-pyrrole nitrogens is 1. The number of carbonyl (C=O) groups excluding carboxylic acids is 1. The summed E-state index contributed by atoms with van der Waals surface area (Å²) in [5, 5.41) is 7.19. The third-order valence-corrected chi connectivity index (χ3v) is 5.35. The Bertz CT molecular complexity index is 1200. The molecule has 30 heavy (non-hydrogen) atoms. The lowest BCUT2D eigenvalue weighted by atomic mass is 10.1. The zero-order valence-electron chi connectivity index (χ0n) is 17.9. The van der Waals surface area contributed by atoms with E-state index in [1.165, 1.54) is 0 Å². The number of imidazole rings is 1. The van der Waals surface area contributed by atoms with Crippen molar-refractivity contribution >= 4 is 33.8 Å². The average Bonchev–Trinajstić information content (AvgIpc) is 3.33. The minimum atomic E-state index is 0.0992. The van der Waals surface area contributed by atoms with Crippen LogP contribution in [0.5, 0.6) is 0 Å². The van der Waals surface area contributed by atoms with E-state index in [4.69, 9.17) is 4.98 Å². The summed E-state index contributed by atoms with van der Waals surface area (Å²) in [5.41, 5.74) is 5.83. The number of fused-ring (bicyclic) bond motifs is 3. The van der Waals surface area contributed by atoms with E-state index in [1.807, 2.05) is 37.1 Å². The molecule has 0 aliphatic rings. The fraction of sp³-hybridized carbons (Fsp3) is 0.348. The van der Waals surface area contributed by atoms with Crippen LogP contribution in [0.25, 0.3) is 33.3 Å². The number of carbonyl (C=O) groups is 1. The van der Waals surface area contributed by atoms with Crippen molar-refractivity contribution < 1.29 is 4.79 Å². The van der Waals surface area contributed by atoms with E-state index in [0.29, 0.717) is 18.9 Å². The summed E-state index contributed by atoms with van der Waals surface area (Å²) >= 11 is 0. The van der Waals surface area contributed by atoms with Crippen molar-refractivity contribution in [3.8, 4) is 11.3 Å². The number of aryl methyl sites for hydroxylation is 1. The van der Waals surface area contributed by atoms with Crippen LogP contribution in [-0.2, 0) is 18.4 Å². The van der Waals surface area contributed by atoms with Crippen LogP contribution < -0.4 is 10.6 Å². The van der Waals surface area contributed by atoms with Crippen molar-refractivity contribution in [1.29, 1.82) is 0 Å². The lowest BCUT2D eigenvalue weighted by molar-refractivity contribution is -0.121. The molecule has 7 heteroatoms. The standard InChI is InChI=1S/C23H28N6O/c1-14(2)8-9-19(30)25-12-15-6-5-7-16(10-15)18-11-17-21-20(26-13-29(21)4)23(24-3)28-22(17)27-18/h5-7,10-11,13-14H,8-9,12H2,1-4H3,(H,25,30)(H2,24,27,28). The van der Waals surface area contributed by atoms with Crippen molar-refractivity contribution in [3.63, 3.8) is 0 Å². The van der Waals surface area contributed by atoms with Gasteiger partial charge in [-0.1, -0.05) is 32.0 Å². The Balaban J connectivity index is 1.61. The first kappa shape index (κ1) is 19.9. The molecule has 3 aromatic heterocycles. The van der Waals surface area contributed by atoms with Crippen LogP contribution in [0.1, 0.15) is 32.3 Å². The Hall–Kier alpha value is -3.35. The average molecular weight is 405 g/mol. The molecule has 3 heterocycles. The van der Waals surface area contributed by atoms with Gasteiger partial charge >= 0.3 is 0 Å². The van der Waals surface area contributed by atoms with Crippen LogP contribution in [0.4, 0.5) is 5.82 Å². The second-order valence-corrected chi connectivity index (χ2v) is 8.12. The lowest BCUT2D eigenvalue weighted by Crippen LogP contribution is -2.22. The highest BCUT2D eigenvalue weighted by molar-refractivity contribution is 6.07. The molecule has 0 atom stereocenters. The summed E-state index contributed by atoms with van der Waals surface area (Å²) in [6.07, 6.45) is 3.28. The zero-order valence-corrected chi connectivity index (χ0v) is 17.9. The summed E-state index contributed by atoms with van der Waals surface area (Å²) in [6, 6.07) is 10.3. The molecular formula is C23H28N6O. The highest BCUT2D eigenvalue weighted by Crippen LogP contribution is 2.31. The summed E-state index contributed by atoms with van der Waals surface area (Å²) in [6.45, 7) is 4.79. The molecule has 0 saturated heterocycles. The fourth-order valence-corrected chi connectivity index (χ4v) is 3.69. The molecule has 1 amide bonds. The minimum absolute atomic E-state index is 0.0992. The number of amides is 1. The van der Waals surface area contributed by atoms with Gasteiger partial charge in [-0.05, 0) is 35.6 Å². The van der Waals surface area contributed by atoms with Crippen molar-refractivity contribution in [3.05, 3.63) is 42.2 Å². The smallest absolute Gasteiger partial charge is 0.220 e. The van der Waals surface area contributed by atoms with Crippen LogP contribution in [0.15, 0.2) is 36.7 Å². The quantitative estimate of drug-likeness (QED) is 0.431. The van der Waals surface area contributed by atoms with E-state index in [9.17, 15) is 4.79 Å². The van der Waals surface area contributed by atoms with Gasteiger partial charge in [0.2, 0.25) is 5.91 Å². The van der Waals surface area contributed by atoms with Gasteiger partial charge in [-0.15, -0.1) is 0 Å². The van der Waals surface area contributed by atoms with E-state index in [2.05, 4.69) is 52.6 Å². The maximum atomic E-state index is 12.0. The number of benzene rings is 1. The van der Waals surface area contributed by atoms with Crippen LogP contribution in [0, 0.1) is 5.92 Å². The largest absolute Gasteiger partial charge is 0.371 e. The number of pyridine rings is 1. The molecule has 0 spiro atoms. The van der Waals surface area contributed by atoms with Crippen LogP contribution in [0.2, 0.25) is 0 Å². The maximum Gasteiger partial charge on any atom is 0.220 e. The van der Waals surface area contributed by atoms with Crippen molar-refractivity contribution in [2.24, 2.45) is 13.0 Å². The molecule has 3 N–H and O–H groups in total. The molecule has 156 valence electrons. The van der Waals surface area contributed by atoms with Gasteiger partial charge in [-0.25, -0.2) is 9.97 Å². The Morgan fingerprint density at radius 2 is 2.10 bits per heavy atom. The van der Waals surface area contributed by atoms with E-state index in [-0.39, 0.29) is 5.91 Å². The molecule has 0 aliphatic carbocycles. The second kappa shape index (κ2) is 8.18. The lowest BCUT2D eigenvalue weighted by Gasteiger charge is -2.08. The highest BCUT2D eigenvalue weighted by atomic mass is 16.1. The molecule has 4 rings (SSSR count). The predicted octanol–water partition coefficient (Wildman–Crippen LogP) is 4.21. The van der Waals surface area contributed by atoms with Gasteiger partial charge in [0.05, 0.1) is 11.8 Å². The molecule has 7 nitrogen and oxygen atoms in total. The first-order chi connectivity index (χ1) is 14.5. The molecule has 0 radical (unpaired) electrons. The molecule has 0 saturated carbocycles. The van der Waals surface area contributed by atoms with E-state index in [1.54, 1.807) is 0 Å². The van der Waals surface area contributed by atoms with E-state index in [0.717, 1.165) is 51.1 Å². The summed E-state index contributed by atoms with van der Waals surface area (Å²) in [7, 11) is 3.84.